The van der Waals surface area contributed by atoms with Crippen LogP contribution in [0.2, 0.25) is 0 Å². The van der Waals surface area contributed by atoms with Gasteiger partial charge in [0.1, 0.15) is 5.69 Å². The number of rotatable bonds is 3. The number of alkyl halides is 2. The zero-order valence-electron chi connectivity index (χ0n) is 9.48. The summed E-state index contributed by atoms with van der Waals surface area (Å²) in [5, 5.41) is 3.89. The first-order chi connectivity index (χ1) is 8.54. The summed E-state index contributed by atoms with van der Waals surface area (Å²) < 4.78 is 27.2. The number of anilines is 1. The van der Waals surface area contributed by atoms with Crippen molar-refractivity contribution in [2.45, 2.75) is 13.3 Å². The van der Waals surface area contributed by atoms with Gasteiger partial charge in [0.25, 0.3) is 6.43 Å². The summed E-state index contributed by atoms with van der Waals surface area (Å²) in [6, 6.07) is 5.04. The van der Waals surface area contributed by atoms with Gasteiger partial charge in [-0.05, 0) is 41.1 Å². The van der Waals surface area contributed by atoms with Gasteiger partial charge < -0.3 is 5.32 Å². The van der Waals surface area contributed by atoms with E-state index in [1.54, 1.807) is 6.07 Å². The van der Waals surface area contributed by atoms with Gasteiger partial charge in [0.2, 0.25) is 0 Å². The number of hydrogen-bond donors (Lipinski definition) is 1. The smallest absolute Gasteiger partial charge is 0.280 e. The second kappa shape index (κ2) is 5.48. The van der Waals surface area contributed by atoms with E-state index in [1.807, 2.05) is 13.0 Å². The van der Waals surface area contributed by atoms with E-state index in [-0.39, 0.29) is 5.69 Å². The molecule has 6 heteroatoms. The molecule has 0 atom stereocenters. The zero-order valence-corrected chi connectivity index (χ0v) is 12.6. The molecule has 0 bridgehead atoms. The lowest BCUT2D eigenvalue weighted by molar-refractivity contribution is 0.146. The molecule has 0 saturated heterocycles. The molecule has 2 aromatic rings. The molecule has 0 aliphatic rings. The lowest BCUT2D eigenvalue weighted by atomic mass is 10.1. The Kier molecular flexibility index (Phi) is 4.17. The largest absolute Gasteiger partial charge is 0.385 e. The van der Waals surface area contributed by atoms with Gasteiger partial charge in [-0.1, -0.05) is 15.9 Å². The predicted molar refractivity (Wildman–Crippen MR) is 76.3 cm³/mol. The molecule has 2 rings (SSSR count). The van der Waals surface area contributed by atoms with Gasteiger partial charge in [-0.2, -0.15) is 0 Å². The van der Waals surface area contributed by atoms with Gasteiger partial charge in [-0.3, -0.25) is 0 Å². The topological polar surface area (TPSA) is 24.9 Å². The molecule has 0 unspecified atom stereocenters. The van der Waals surface area contributed by atoms with Crippen LogP contribution in [-0.4, -0.2) is 11.5 Å². The quantitative estimate of drug-likeness (QED) is 0.799. The van der Waals surface area contributed by atoms with Crippen LogP contribution in [0, 0.1) is 0 Å². The highest BCUT2D eigenvalue weighted by atomic mass is 79.9. The maximum Gasteiger partial charge on any atom is 0.280 e. The fourth-order valence-electron chi connectivity index (χ4n) is 1.73. The Bertz CT molecular complexity index is 588. The van der Waals surface area contributed by atoms with Crippen molar-refractivity contribution in [2.24, 2.45) is 0 Å². The monoisotopic (exact) mass is 378 g/mol. The fraction of sp³-hybridized carbons (Fsp3) is 0.250. The molecule has 1 aromatic carbocycles. The third kappa shape index (κ3) is 2.49. The summed E-state index contributed by atoms with van der Waals surface area (Å²) in [4.78, 5) is 4.01. The summed E-state index contributed by atoms with van der Waals surface area (Å²) >= 11 is 6.77. The predicted octanol–water partition coefficient (Wildman–Crippen LogP) is 5.13. The number of fused-ring (bicyclic) bond motifs is 1. The molecule has 0 aliphatic carbocycles. The molecule has 2 nitrogen and oxygen atoms in total. The molecular weight excluding hydrogens is 370 g/mol. The molecule has 0 aliphatic heterocycles. The Balaban J connectivity index is 2.80. The van der Waals surface area contributed by atoms with Crippen molar-refractivity contribution < 1.29 is 8.78 Å². The third-order valence-electron chi connectivity index (χ3n) is 2.47. The van der Waals surface area contributed by atoms with Crippen molar-refractivity contribution >= 4 is 48.5 Å². The standard InChI is InChI=1S/C12H10Br2F2N2/c1-2-17-8-5-9(12(15)16)18-11-7(14)4-3-6(13)10(8)11/h3-5,12H,2H2,1H3,(H,17,18). The van der Waals surface area contributed by atoms with E-state index in [9.17, 15) is 8.78 Å². The highest BCUT2D eigenvalue weighted by Gasteiger charge is 2.16. The van der Waals surface area contributed by atoms with E-state index in [0.717, 1.165) is 9.86 Å². The molecule has 0 fully saturated rings. The van der Waals surface area contributed by atoms with Crippen LogP contribution < -0.4 is 5.32 Å². The summed E-state index contributed by atoms with van der Waals surface area (Å²) in [6.45, 7) is 2.57. The summed E-state index contributed by atoms with van der Waals surface area (Å²) in [6.07, 6.45) is -2.59. The average molecular weight is 380 g/mol. The fourth-order valence-corrected chi connectivity index (χ4v) is 2.68. The van der Waals surface area contributed by atoms with Crippen LogP contribution >= 0.6 is 31.9 Å². The molecule has 18 heavy (non-hydrogen) atoms. The van der Waals surface area contributed by atoms with E-state index < -0.39 is 6.43 Å². The van der Waals surface area contributed by atoms with Gasteiger partial charge in [0.05, 0.1) is 5.52 Å². The van der Waals surface area contributed by atoms with E-state index in [2.05, 4.69) is 42.2 Å². The number of nitrogens with zero attached hydrogens (tertiary/aromatic N) is 1. The maximum absolute atomic E-state index is 12.8. The number of aromatic nitrogens is 1. The molecule has 0 saturated carbocycles. The molecule has 1 heterocycles. The Morgan fingerprint density at radius 2 is 1.94 bits per heavy atom. The molecule has 0 radical (unpaired) electrons. The number of hydrogen-bond acceptors (Lipinski definition) is 2. The minimum absolute atomic E-state index is 0.225. The van der Waals surface area contributed by atoms with E-state index >= 15 is 0 Å². The molecule has 1 N–H and O–H groups in total. The van der Waals surface area contributed by atoms with Gasteiger partial charge in [-0.15, -0.1) is 0 Å². The second-order valence-corrected chi connectivity index (χ2v) is 5.39. The Hall–Kier alpha value is -0.750. The van der Waals surface area contributed by atoms with Crippen LogP contribution in [0.25, 0.3) is 10.9 Å². The van der Waals surface area contributed by atoms with Crippen molar-refractivity contribution in [3.8, 4) is 0 Å². The molecule has 96 valence electrons. The highest BCUT2D eigenvalue weighted by molar-refractivity contribution is 9.11. The highest BCUT2D eigenvalue weighted by Crippen LogP contribution is 2.36. The summed E-state index contributed by atoms with van der Waals surface area (Å²) in [5.74, 6) is 0. The van der Waals surface area contributed by atoms with Crippen molar-refractivity contribution in [1.82, 2.24) is 4.98 Å². The third-order valence-corrected chi connectivity index (χ3v) is 3.77. The Morgan fingerprint density at radius 3 is 2.56 bits per heavy atom. The Morgan fingerprint density at radius 1 is 1.28 bits per heavy atom. The number of benzene rings is 1. The minimum atomic E-state index is -2.59. The lowest BCUT2D eigenvalue weighted by Gasteiger charge is -2.12. The molecule has 0 amide bonds. The summed E-state index contributed by atoms with van der Waals surface area (Å²) in [5.41, 5.74) is 0.960. The van der Waals surface area contributed by atoms with Crippen LogP contribution in [0.15, 0.2) is 27.1 Å². The van der Waals surface area contributed by atoms with E-state index in [1.165, 1.54) is 6.07 Å². The lowest BCUT2D eigenvalue weighted by Crippen LogP contribution is -2.01. The number of halogens is 4. The SMILES string of the molecule is CCNc1cc(C(F)F)nc2c(Br)ccc(Br)c12. The van der Waals surface area contributed by atoms with Gasteiger partial charge >= 0.3 is 0 Å². The van der Waals surface area contributed by atoms with Crippen LogP contribution in [0.1, 0.15) is 19.0 Å². The van der Waals surface area contributed by atoms with Gasteiger partial charge in [0.15, 0.2) is 0 Å². The van der Waals surface area contributed by atoms with Gasteiger partial charge in [-0.25, -0.2) is 13.8 Å². The van der Waals surface area contributed by atoms with Crippen molar-refractivity contribution in [3.05, 3.63) is 32.8 Å². The first-order valence-corrected chi connectivity index (χ1v) is 6.93. The Labute approximate surface area is 120 Å². The van der Waals surface area contributed by atoms with Crippen LogP contribution in [0.4, 0.5) is 14.5 Å². The normalized spacial score (nSPS) is 11.2. The number of nitrogens with one attached hydrogen (secondary N) is 1. The van der Waals surface area contributed by atoms with E-state index in [4.69, 9.17) is 0 Å². The second-order valence-electron chi connectivity index (χ2n) is 3.68. The number of pyridine rings is 1. The summed E-state index contributed by atoms with van der Waals surface area (Å²) in [7, 11) is 0. The van der Waals surface area contributed by atoms with Crippen LogP contribution in [-0.2, 0) is 0 Å². The van der Waals surface area contributed by atoms with E-state index in [0.29, 0.717) is 22.2 Å². The van der Waals surface area contributed by atoms with Gasteiger partial charge in [0, 0.05) is 26.6 Å². The minimum Gasteiger partial charge on any atom is -0.385 e. The molecular formula is C12H10Br2F2N2. The van der Waals surface area contributed by atoms with Crippen LogP contribution in [0.5, 0.6) is 0 Å². The van der Waals surface area contributed by atoms with Crippen LogP contribution in [0.3, 0.4) is 0 Å². The molecule has 1 aromatic heterocycles. The first kappa shape index (κ1) is 13.7. The molecule has 0 spiro atoms. The van der Waals surface area contributed by atoms with Crippen molar-refractivity contribution in [2.75, 3.05) is 11.9 Å². The first-order valence-electron chi connectivity index (χ1n) is 5.35. The van der Waals surface area contributed by atoms with Crippen molar-refractivity contribution in [1.29, 1.82) is 0 Å². The van der Waals surface area contributed by atoms with Crippen molar-refractivity contribution in [3.63, 3.8) is 0 Å². The maximum atomic E-state index is 12.8. The zero-order chi connectivity index (χ0) is 13.3. The average Bonchev–Trinajstić information content (AvgIpc) is 2.33.